The van der Waals surface area contributed by atoms with E-state index in [1.54, 1.807) is 6.07 Å². The molecule has 2 aromatic rings. The van der Waals surface area contributed by atoms with Crippen LogP contribution in [0.5, 0.6) is 0 Å². The third kappa shape index (κ3) is 1.38. The molecule has 0 spiro atoms. The van der Waals surface area contributed by atoms with Gasteiger partial charge < -0.3 is 0 Å². The van der Waals surface area contributed by atoms with Crippen LogP contribution in [0, 0.1) is 19.5 Å². The van der Waals surface area contributed by atoms with Crippen molar-refractivity contribution < 1.29 is 9.31 Å². The van der Waals surface area contributed by atoms with Gasteiger partial charge in [-0.1, -0.05) is 0 Å². The van der Waals surface area contributed by atoms with E-state index in [1.807, 2.05) is 22.6 Å². The van der Waals surface area contributed by atoms with Gasteiger partial charge in [0.25, 0.3) is 5.69 Å². The topological polar surface area (TPSA) is 43.1 Å². The Morgan fingerprint density at radius 1 is 1.50 bits per heavy atom. The lowest BCUT2D eigenvalue weighted by Gasteiger charge is -1.94. The van der Waals surface area contributed by atoms with E-state index in [4.69, 9.17) is 0 Å². The standard InChI is InChI=1S/C8H3FINO2S/c9-7-5(10)2-1-4-6(11(12)13)3-14-8(4)7/h1-3H. The average Bonchev–Trinajstić information content (AvgIpc) is 2.55. The Bertz CT molecular complexity index is 525. The van der Waals surface area contributed by atoms with Gasteiger partial charge in [-0.25, -0.2) is 4.39 Å². The van der Waals surface area contributed by atoms with E-state index in [9.17, 15) is 14.5 Å². The number of nitrogens with zero attached hydrogens (tertiary/aromatic N) is 1. The molecule has 0 saturated carbocycles. The molecule has 1 heterocycles. The Labute approximate surface area is 95.8 Å². The van der Waals surface area contributed by atoms with Crippen LogP contribution in [0.4, 0.5) is 10.1 Å². The number of halogens is 2. The van der Waals surface area contributed by atoms with Gasteiger partial charge in [0.2, 0.25) is 0 Å². The van der Waals surface area contributed by atoms with Crippen molar-refractivity contribution in [2.75, 3.05) is 0 Å². The molecule has 3 nitrogen and oxygen atoms in total. The predicted octanol–water partition coefficient (Wildman–Crippen LogP) is 3.55. The molecule has 6 heteroatoms. The summed E-state index contributed by atoms with van der Waals surface area (Å²) in [5.74, 6) is -0.374. The summed E-state index contributed by atoms with van der Waals surface area (Å²) in [6, 6.07) is 3.12. The minimum absolute atomic E-state index is 0.0275. The van der Waals surface area contributed by atoms with E-state index < -0.39 is 4.92 Å². The zero-order chi connectivity index (χ0) is 10.3. The van der Waals surface area contributed by atoms with Crippen LogP contribution >= 0.6 is 33.9 Å². The maximum Gasteiger partial charge on any atom is 0.287 e. The molecule has 0 N–H and O–H groups in total. The van der Waals surface area contributed by atoms with Crippen molar-refractivity contribution in [1.29, 1.82) is 0 Å². The highest BCUT2D eigenvalue weighted by molar-refractivity contribution is 14.1. The molecule has 0 aliphatic rings. The number of hydrogen-bond acceptors (Lipinski definition) is 3. The summed E-state index contributed by atoms with van der Waals surface area (Å²) in [5.41, 5.74) is -0.0275. The zero-order valence-corrected chi connectivity index (χ0v) is 9.63. The molecule has 1 aromatic heterocycles. The molecule has 0 radical (unpaired) electrons. The summed E-state index contributed by atoms with van der Waals surface area (Å²) in [4.78, 5) is 10.1. The Kier molecular flexibility index (Phi) is 2.40. The molecule has 0 unspecified atom stereocenters. The molecule has 0 saturated heterocycles. The lowest BCUT2D eigenvalue weighted by molar-refractivity contribution is -0.382. The minimum Gasteiger partial charge on any atom is -0.258 e. The highest BCUT2D eigenvalue weighted by Gasteiger charge is 2.17. The normalized spacial score (nSPS) is 10.7. The van der Waals surface area contributed by atoms with E-state index in [1.165, 1.54) is 11.4 Å². The van der Waals surface area contributed by atoms with Gasteiger partial charge in [0.15, 0.2) is 5.82 Å². The average molecular weight is 323 g/mol. The van der Waals surface area contributed by atoms with Gasteiger partial charge >= 0.3 is 0 Å². The number of nitro groups is 1. The summed E-state index contributed by atoms with van der Waals surface area (Å²) >= 11 is 2.92. The van der Waals surface area contributed by atoms with Crippen LogP contribution in [-0.2, 0) is 0 Å². The van der Waals surface area contributed by atoms with E-state index in [-0.39, 0.29) is 11.5 Å². The third-order valence-corrected chi connectivity index (χ3v) is 3.62. The molecule has 0 amide bonds. The van der Waals surface area contributed by atoms with Crippen molar-refractivity contribution in [1.82, 2.24) is 0 Å². The van der Waals surface area contributed by atoms with Gasteiger partial charge in [-0.05, 0) is 34.7 Å². The van der Waals surface area contributed by atoms with E-state index in [0.717, 1.165) is 11.3 Å². The highest BCUT2D eigenvalue weighted by atomic mass is 127. The Morgan fingerprint density at radius 3 is 2.86 bits per heavy atom. The van der Waals surface area contributed by atoms with Crippen LogP contribution in [0.15, 0.2) is 17.5 Å². The van der Waals surface area contributed by atoms with Crippen molar-refractivity contribution >= 4 is 49.7 Å². The molecule has 0 bridgehead atoms. The molecule has 2 rings (SSSR count). The summed E-state index contributed by atoms with van der Waals surface area (Å²) < 4.78 is 14.3. The maximum absolute atomic E-state index is 13.5. The second-order valence-electron chi connectivity index (χ2n) is 2.62. The fraction of sp³-hybridized carbons (Fsp3) is 0. The van der Waals surface area contributed by atoms with Gasteiger partial charge in [0.1, 0.15) is 0 Å². The summed E-state index contributed by atoms with van der Waals surface area (Å²) in [6.45, 7) is 0. The lowest BCUT2D eigenvalue weighted by Crippen LogP contribution is -1.86. The van der Waals surface area contributed by atoms with Gasteiger partial charge in [-0.3, -0.25) is 10.1 Å². The first-order valence-corrected chi connectivity index (χ1v) is 5.56. The van der Waals surface area contributed by atoms with Crippen molar-refractivity contribution in [2.45, 2.75) is 0 Å². The largest absolute Gasteiger partial charge is 0.287 e. The van der Waals surface area contributed by atoms with Crippen LogP contribution in [0.25, 0.3) is 10.1 Å². The molecule has 14 heavy (non-hydrogen) atoms. The fourth-order valence-corrected chi connectivity index (χ4v) is 2.76. The summed E-state index contributed by atoms with van der Waals surface area (Å²) in [5, 5.41) is 12.3. The molecular formula is C8H3FINO2S. The number of benzene rings is 1. The monoisotopic (exact) mass is 323 g/mol. The SMILES string of the molecule is O=[N+]([O-])c1csc2c(F)c(I)ccc12. The van der Waals surface area contributed by atoms with Crippen molar-refractivity contribution in [2.24, 2.45) is 0 Å². The smallest absolute Gasteiger partial charge is 0.258 e. The van der Waals surface area contributed by atoms with Gasteiger partial charge in [0.05, 0.1) is 24.0 Å². The molecule has 0 fully saturated rings. The van der Waals surface area contributed by atoms with E-state index in [2.05, 4.69) is 0 Å². The Morgan fingerprint density at radius 2 is 2.21 bits per heavy atom. The first-order valence-electron chi connectivity index (χ1n) is 3.61. The van der Waals surface area contributed by atoms with Crippen LogP contribution in [0.1, 0.15) is 0 Å². The van der Waals surface area contributed by atoms with E-state index in [0.29, 0.717) is 13.7 Å². The van der Waals surface area contributed by atoms with Gasteiger partial charge in [0, 0.05) is 0 Å². The van der Waals surface area contributed by atoms with Crippen LogP contribution in [0.3, 0.4) is 0 Å². The molecule has 0 atom stereocenters. The third-order valence-electron chi connectivity index (χ3n) is 1.81. The first kappa shape index (κ1) is 9.78. The number of thiophene rings is 1. The lowest BCUT2D eigenvalue weighted by atomic mass is 10.2. The predicted molar refractivity (Wildman–Crippen MR) is 61.2 cm³/mol. The quantitative estimate of drug-likeness (QED) is 0.458. The molecule has 0 aliphatic carbocycles. The number of hydrogen-bond donors (Lipinski definition) is 0. The van der Waals surface area contributed by atoms with Crippen molar-refractivity contribution in [3.8, 4) is 0 Å². The second kappa shape index (κ2) is 3.43. The number of rotatable bonds is 1. The molecule has 72 valence electrons. The van der Waals surface area contributed by atoms with Crippen molar-refractivity contribution in [3.05, 3.63) is 37.0 Å². The van der Waals surface area contributed by atoms with Crippen LogP contribution in [0.2, 0.25) is 0 Å². The Balaban J connectivity index is 2.83. The van der Waals surface area contributed by atoms with Crippen molar-refractivity contribution in [3.63, 3.8) is 0 Å². The molecule has 0 aliphatic heterocycles. The van der Waals surface area contributed by atoms with Crippen LogP contribution < -0.4 is 0 Å². The molecule has 1 aromatic carbocycles. The number of fused-ring (bicyclic) bond motifs is 1. The van der Waals surface area contributed by atoms with Gasteiger partial charge in [-0.2, -0.15) is 0 Å². The van der Waals surface area contributed by atoms with E-state index >= 15 is 0 Å². The first-order chi connectivity index (χ1) is 6.61. The van der Waals surface area contributed by atoms with Crippen LogP contribution in [-0.4, -0.2) is 4.92 Å². The minimum atomic E-state index is -0.495. The van der Waals surface area contributed by atoms with Gasteiger partial charge in [-0.15, -0.1) is 11.3 Å². The summed E-state index contributed by atoms with van der Waals surface area (Å²) in [7, 11) is 0. The fourth-order valence-electron chi connectivity index (χ4n) is 1.17. The Hall–Kier alpha value is -0.760. The maximum atomic E-state index is 13.5. The molecular weight excluding hydrogens is 320 g/mol. The summed E-state index contributed by atoms with van der Waals surface area (Å²) in [6.07, 6.45) is 0. The zero-order valence-electron chi connectivity index (χ0n) is 6.66. The highest BCUT2D eigenvalue weighted by Crippen LogP contribution is 2.34. The second-order valence-corrected chi connectivity index (χ2v) is 4.66.